The summed E-state index contributed by atoms with van der Waals surface area (Å²) in [5.41, 5.74) is 2.44. The highest BCUT2D eigenvalue weighted by molar-refractivity contribution is 6.04. The van der Waals surface area contributed by atoms with Crippen LogP contribution in [0.5, 0.6) is 0 Å². The number of anilines is 2. The Kier molecular flexibility index (Phi) is 6.29. The Bertz CT molecular complexity index is 687. The molecule has 0 N–H and O–H groups in total. The quantitative estimate of drug-likeness (QED) is 0.778. The second-order valence-electron chi connectivity index (χ2n) is 5.91. The van der Waals surface area contributed by atoms with Gasteiger partial charge in [-0.1, -0.05) is 25.5 Å². The largest absolute Gasteiger partial charge is 0.344 e. The molecule has 2 rings (SSSR count). The van der Waals surface area contributed by atoms with Crippen LogP contribution < -0.4 is 9.80 Å². The summed E-state index contributed by atoms with van der Waals surface area (Å²) in [6, 6.07) is 9.62. The van der Waals surface area contributed by atoms with Crippen molar-refractivity contribution in [2.24, 2.45) is 0 Å². The topological polar surface area (TPSA) is 49.3 Å². The van der Waals surface area contributed by atoms with Crippen LogP contribution in [0.4, 0.5) is 11.6 Å². The maximum atomic E-state index is 12.9. The molecule has 5 nitrogen and oxygen atoms in total. The molecule has 5 heteroatoms. The van der Waals surface area contributed by atoms with Crippen molar-refractivity contribution in [3.63, 3.8) is 0 Å². The van der Waals surface area contributed by atoms with Crippen molar-refractivity contribution in [1.82, 2.24) is 9.97 Å². The fourth-order valence-electron chi connectivity index (χ4n) is 2.52. The van der Waals surface area contributed by atoms with Crippen molar-refractivity contribution >= 4 is 17.5 Å². The normalized spacial score (nSPS) is 10.5. The van der Waals surface area contributed by atoms with Gasteiger partial charge < -0.3 is 9.80 Å². The van der Waals surface area contributed by atoms with Crippen LogP contribution in [0.2, 0.25) is 0 Å². The van der Waals surface area contributed by atoms with Crippen molar-refractivity contribution in [3.05, 3.63) is 47.8 Å². The molecule has 1 aromatic carbocycles. The van der Waals surface area contributed by atoms with Gasteiger partial charge in [0, 0.05) is 32.0 Å². The van der Waals surface area contributed by atoms with Gasteiger partial charge in [0.2, 0.25) is 5.95 Å². The third-order valence-electron chi connectivity index (χ3n) is 3.93. The first-order valence-corrected chi connectivity index (χ1v) is 8.49. The van der Waals surface area contributed by atoms with Crippen molar-refractivity contribution in [2.45, 2.75) is 33.6 Å². The second kappa shape index (κ2) is 8.43. The number of nitrogens with zero attached hydrogens (tertiary/aromatic N) is 4. The van der Waals surface area contributed by atoms with E-state index >= 15 is 0 Å². The van der Waals surface area contributed by atoms with E-state index in [1.165, 1.54) is 0 Å². The summed E-state index contributed by atoms with van der Waals surface area (Å²) >= 11 is 0. The molecule has 0 saturated heterocycles. The Morgan fingerprint density at radius 3 is 2.67 bits per heavy atom. The van der Waals surface area contributed by atoms with Crippen LogP contribution in [0.3, 0.4) is 0 Å². The van der Waals surface area contributed by atoms with E-state index in [2.05, 4.69) is 16.9 Å². The number of amides is 1. The highest BCUT2D eigenvalue weighted by Gasteiger charge is 2.18. The average molecular weight is 326 g/mol. The lowest BCUT2D eigenvalue weighted by atomic mass is 10.2. The van der Waals surface area contributed by atoms with Crippen LogP contribution in [0.25, 0.3) is 0 Å². The Morgan fingerprint density at radius 2 is 2.00 bits per heavy atom. The molecule has 2 aromatic rings. The predicted octanol–water partition coefficient (Wildman–Crippen LogP) is 3.69. The molecule has 0 radical (unpaired) electrons. The fourth-order valence-corrected chi connectivity index (χ4v) is 2.52. The van der Waals surface area contributed by atoms with Crippen LogP contribution in [-0.2, 0) is 0 Å². The molecule has 0 saturated carbocycles. The number of rotatable bonds is 7. The molecule has 1 aromatic heterocycles. The Labute approximate surface area is 144 Å². The first-order chi connectivity index (χ1) is 11.6. The minimum absolute atomic E-state index is 0.101. The van der Waals surface area contributed by atoms with Gasteiger partial charge >= 0.3 is 0 Å². The highest BCUT2D eigenvalue weighted by atomic mass is 16.2. The molecule has 128 valence electrons. The third-order valence-corrected chi connectivity index (χ3v) is 3.93. The minimum atomic E-state index is -0.101. The van der Waals surface area contributed by atoms with E-state index < -0.39 is 0 Å². The van der Waals surface area contributed by atoms with Crippen molar-refractivity contribution in [1.29, 1.82) is 0 Å². The molecule has 0 aliphatic heterocycles. The molecule has 0 atom stereocenters. The lowest BCUT2D eigenvalue weighted by molar-refractivity contribution is 0.0983. The molecule has 0 bridgehead atoms. The second-order valence-corrected chi connectivity index (χ2v) is 5.91. The van der Waals surface area contributed by atoms with Crippen LogP contribution in [0, 0.1) is 6.92 Å². The van der Waals surface area contributed by atoms with Crippen LogP contribution in [0.1, 0.15) is 42.7 Å². The summed E-state index contributed by atoms with van der Waals surface area (Å²) in [4.78, 5) is 25.4. The van der Waals surface area contributed by atoms with Gasteiger partial charge in [-0.2, -0.15) is 0 Å². The number of unbranched alkanes of at least 4 members (excludes halogenated alkanes) is 1. The smallest absolute Gasteiger partial charge is 0.277 e. The van der Waals surface area contributed by atoms with Crippen LogP contribution >= 0.6 is 0 Å². The van der Waals surface area contributed by atoms with Gasteiger partial charge in [-0.25, -0.2) is 9.97 Å². The fraction of sp³-hybridized carbons (Fsp3) is 0.421. The average Bonchev–Trinajstić information content (AvgIpc) is 2.60. The van der Waals surface area contributed by atoms with E-state index in [1.807, 2.05) is 50.1 Å². The van der Waals surface area contributed by atoms with Gasteiger partial charge in [-0.05, 0) is 44.0 Å². The van der Waals surface area contributed by atoms with E-state index in [0.29, 0.717) is 18.2 Å². The summed E-state index contributed by atoms with van der Waals surface area (Å²) in [5, 5.41) is 0. The molecule has 0 unspecified atom stereocenters. The first kappa shape index (κ1) is 17.9. The molecule has 0 aliphatic rings. The molecular weight excluding hydrogens is 300 g/mol. The first-order valence-electron chi connectivity index (χ1n) is 8.49. The zero-order valence-corrected chi connectivity index (χ0v) is 15.0. The SMILES string of the molecule is CCCCN(C)c1nccc(C(=O)N(CC)c2cccc(C)c2)n1. The Morgan fingerprint density at radius 1 is 1.21 bits per heavy atom. The number of carbonyl (C=O) groups excluding carboxylic acids is 1. The van der Waals surface area contributed by atoms with Crippen LogP contribution in [-0.4, -0.2) is 36.0 Å². The number of benzene rings is 1. The number of aromatic nitrogens is 2. The molecular formula is C19H26N4O. The summed E-state index contributed by atoms with van der Waals surface area (Å²) < 4.78 is 0. The maximum absolute atomic E-state index is 12.9. The predicted molar refractivity (Wildman–Crippen MR) is 98.7 cm³/mol. The number of aryl methyl sites for hydroxylation is 1. The zero-order valence-electron chi connectivity index (χ0n) is 15.0. The Hall–Kier alpha value is -2.43. The van der Waals surface area contributed by atoms with Crippen LogP contribution in [0.15, 0.2) is 36.5 Å². The molecule has 1 heterocycles. The van der Waals surface area contributed by atoms with E-state index in [4.69, 9.17) is 0 Å². The van der Waals surface area contributed by atoms with Gasteiger partial charge in [0.25, 0.3) is 5.91 Å². The molecule has 24 heavy (non-hydrogen) atoms. The number of hydrogen-bond acceptors (Lipinski definition) is 4. The van der Waals surface area contributed by atoms with Gasteiger partial charge in [0.1, 0.15) is 5.69 Å². The summed E-state index contributed by atoms with van der Waals surface area (Å²) in [7, 11) is 1.96. The van der Waals surface area contributed by atoms with E-state index in [1.54, 1.807) is 17.2 Å². The number of carbonyl (C=O) groups is 1. The molecule has 0 aliphatic carbocycles. The maximum Gasteiger partial charge on any atom is 0.277 e. The molecule has 0 fully saturated rings. The lowest BCUT2D eigenvalue weighted by Gasteiger charge is -2.22. The minimum Gasteiger partial charge on any atom is -0.344 e. The monoisotopic (exact) mass is 326 g/mol. The van der Waals surface area contributed by atoms with Gasteiger partial charge in [0.05, 0.1) is 0 Å². The van der Waals surface area contributed by atoms with E-state index in [9.17, 15) is 4.79 Å². The molecule has 0 spiro atoms. The van der Waals surface area contributed by atoms with Gasteiger partial charge in [-0.3, -0.25) is 4.79 Å². The van der Waals surface area contributed by atoms with Crippen molar-refractivity contribution < 1.29 is 4.79 Å². The standard InChI is InChI=1S/C19H26N4O/c1-5-7-13-22(4)19-20-12-11-17(21-19)18(24)23(6-2)16-10-8-9-15(3)14-16/h8-12,14H,5-7,13H2,1-4H3. The van der Waals surface area contributed by atoms with E-state index in [0.717, 1.165) is 30.6 Å². The van der Waals surface area contributed by atoms with Crippen molar-refractivity contribution in [3.8, 4) is 0 Å². The summed E-state index contributed by atoms with van der Waals surface area (Å²) in [6.07, 6.45) is 3.84. The zero-order chi connectivity index (χ0) is 17.5. The molecule has 1 amide bonds. The summed E-state index contributed by atoms with van der Waals surface area (Å²) in [6.45, 7) is 7.61. The third kappa shape index (κ3) is 4.31. The summed E-state index contributed by atoms with van der Waals surface area (Å²) in [5.74, 6) is 0.491. The lowest BCUT2D eigenvalue weighted by Crippen LogP contribution is -2.32. The van der Waals surface area contributed by atoms with Crippen molar-refractivity contribution in [2.75, 3.05) is 29.9 Å². The van der Waals surface area contributed by atoms with Gasteiger partial charge in [0.15, 0.2) is 0 Å². The highest BCUT2D eigenvalue weighted by Crippen LogP contribution is 2.18. The number of hydrogen-bond donors (Lipinski definition) is 0. The Balaban J connectivity index is 2.24. The van der Waals surface area contributed by atoms with E-state index in [-0.39, 0.29) is 5.91 Å². The van der Waals surface area contributed by atoms with Gasteiger partial charge in [-0.15, -0.1) is 0 Å².